The number of nitrogens with one attached hydrogen (secondary N) is 1. The first-order valence-corrected chi connectivity index (χ1v) is 8.63. The predicted molar refractivity (Wildman–Crippen MR) is 90.4 cm³/mol. The lowest BCUT2D eigenvalue weighted by Gasteiger charge is -2.26. The van der Waals surface area contributed by atoms with Crippen LogP contribution in [0.1, 0.15) is 35.4 Å². The molecule has 1 heterocycles. The number of halogens is 1. The van der Waals surface area contributed by atoms with Crippen LogP contribution in [0.4, 0.5) is 4.39 Å². The highest BCUT2D eigenvalue weighted by molar-refractivity contribution is 7.17. The Labute approximate surface area is 143 Å². The number of methoxy groups -OCH3 is 1. The molecule has 2 aromatic rings. The molecule has 0 atom stereocenters. The number of ether oxygens (including phenoxy) is 1. The van der Waals surface area contributed by atoms with Gasteiger partial charge in [0.2, 0.25) is 0 Å². The van der Waals surface area contributed by atoms with Crippen LogP contribution in [0.2, 0.25) is 0 Å². The fraction of sp³-hybridized carbons (Fsp3) is 0.333. The summed E-state index contributed by atoms with van der Waals surface area (Å²) in [5, 5.41) is 2.84. The molecule has 0 spiro atoms. The van der Waals surface area contributed by atoms with Crippen molar-refractivity contribution in [3.63, 3.8) is 0 Å². The van der Waals surface area contributed by atoms with Crippen LogP contribution < -0.4 is 5.32 Å². The summed E-state index contributed by atoms with van der Waals surface area (Å²) in [5.41, 5.74) is -0.473. The highest BCUT2D eigenvalue weighted by Crippen LogP contribution is 2.33. The van der Waals surface area contributed by atoms with Crippen molar-refractivity contribution in [3.05, 3.63) is 47.1 Å². The molecule has 1 amide bonds. The Balaban J connectivity index is 1.81. The van der Waals surface area contributed by atoms with Crippen LogP contribution in [-0.4, -0.2) is 24.5 Å². The monoisotopic (exact) mass is 347 g/mol. The van der Waals surface area contributed by atoms with E-state index >= 15 is 0 Å². The average Bonchev–Trinajstić information content (AvgIpc) is 3.24. The normalized spacial score (nSPS) is 15.9. The maximum atomic E-state index is 13.9. The second-order valence-electron chi connectivity index (χ2n) is 5.88. The van der Waals surface area contributed by atoms with Gasteiger partial charge in [-0.3, -0.25) is 4.79 Å². The van der Waals surface area contributed by atoms with Crippen molar-refractivity contribution < 1.29 is 18.7 Å². The van der Waals surface area contributed by atoms with E-state index in [4.69, 9.17) is 4.74 Å². The number of rotatable bonds is 4. The molecule has 1 N–H and O–H groups in total. The summed E-state index contributed by atoms with van der Waals surface area (Å²) >= 11 is 1.21. The van der Waals surface area contributed by atoms with Crippen LogP contribution in [0.15, 0.2) is 36.4 Å². The molecular weight excluding hydrogens is 329 g/mol. The predicted octanol–water partition coefficient (Wildman–Crippen LogP) is 3.77. The van der Waals surface area contributed by atoms with Crippen molar-refractivity contribution in [1.29, 1.82) is 0 Å². The summed E-state index contributed by atoms with van der Waals surface area (Å²) in [4.78, 5) is 25.8. The zero-order chi connectivity index (χ0) is 17.2. The lowest BCUT2D eigenvalue weighted by atomic mass is 9.97. The highest BCUT2D eigenvalue weighted by atomic mass is 32.1. The van der Waals surface area contributed by atoms with Gasteiger partial charge in [0, 0.05) is 10.4 Å². The van der Waals surface area contributed by atoms with Crippen LogP contribution in [0.5, 0.6) is 0 Å². The van der Waals surface area contributed by atoms with Gasteiger partial charge in [-0.2, -0.15) is 0 Å². The number of carbonyl (C=O) groups excluding carboxylic acids is 2. The molecule has 0 bridgehead atoms. The van der Waals surface area contributed by atoms with E-state index in [9.17, 15) is 14.0 Å². The molecule has 3 rings (SSSR count). The second-order valence-corrected chi connectivity index (χ2v) is 6.96. The number of amides is 1. The van der Waals surface area contributed by atoms with Gasteiger partial charge in [-0.15, -0.1) is 11.3 Å². The van der Waals surface area contributed by atoms with Crippen molar-refractivity contribution in [2.45, 2.75) is 31.2 Å². The van der Waals surface area contributed by atoms with Crippen LogP contribution in [0.3, 0.4) is 0 Å². The largest absolute Gasteiger partial charge is 0.467 e. The van der Waals surface area contributed by atoms with Gasteiger partial charge in [-0.1, -0.05) is 31.0 Å². The van der Waals surface area contributed by atoms with Crippen molar-refractivity contribution in [3.8, 4) is 10.4 Å². The summed E-state index contributed by atoms with van der Waals surface area (Å²) in [6.07, 6.45) is 2.91. The molecule has 6 heteroatoms. The molecule has 1 aromatic carbocycles. The maximum Gasteiger partial charge on any atom is 0.331 e. The molecule has 126 valence electrons. The SMILES string of the molecule is COC(=O)C1(NC(=O)c2ccc(-c3ccccc3F)s2)CCCC1. The maximum absolute atomic E-state index is 13.9. The Morgan fingerprint density at radius 1 is 1.17 bits per heavy atom. The van der Waals surface area contributed by atoms with Gasteiger partial charge in [0.25, 0.3) is 5.91 Å². The number of carbonyl (C=O) groups is 2. The molecule has 4 nitrogen and oxygen atoms in total. The minimum Gasteiger partial charge on any atom is -0.467 e. The number of esters is 1. The Bertz CT molecular complexity index is 765. The third kappa shape index (κ3) is 3.06. The van der Waals surface area contributed by atoms with E-state index in [0.29, 0.717) is 28.2 Å². The average molecular weight is 347 g/mol. The van der Waals surface area contributed by atoms with Crippen LogP contribution in [0.25, 0.3) is 10.4 Å². The van der Waals surface area contributed by atoms with Gasteiger partial charge in [-0.05, 0) is 31.0 Å². The van der Waals surface area contributed by atoms with E-state index in [1.807, 2.05) is 0 Å². The van der Waals surface area contributed by atoms with Gasteiger partial charge in [-0.25, -0.2) is 9.18 Å². The van der Waals surface area contributed by atoms with Crippen molar-refractivity contribution in [2.75, 3.05) is 7.11 Å². The number of hydrogen-bond donors (Lipinski definition) is 1. The van der Waals surface area contributed by atoms with Crippen LogP contribution >= 0.6 is 11.3 Å². The van der Waals surface area contributed by atoms with Crippen molar-refractivity contribution in [1.82, 2.24) is 5.32 Å². The molecule has 0 unspecified atom stereocenters. The quantitative estimate of drug-likeness (QED) is 0.857. The zero-order valence-electron chi connectivity index (χ0n) is 13.3. The second kappa shape index (κ2) is 6.73. The fourth-order valence-electron chi connectivity index (χ4n) is 3.10. The van der Waals surface area contributed by atoms with E-state index in [2.05, 4.69) is 5.32 Å². The topological polar surface area (TPSA) is 55.4 Å². The van der Waals surface area contributed by atoms with E-state index in [1.165, 1.54) is 24.5 Å². The van der Waals surface area contributed by atoms with Crippen molar-refractivity contribution >= 4 is 23.2 Å². The molecule has 1 aliphatic carbocycles. The Morgan fingerprint density at radius 3 is 2.54 bits per heavy atom. The number of benzene rings is 1. The van der Waals surface area contributed by atoms with Crippen LogP contribution in [-0.2, 0) is 9.53 Å². The molecular formula is C18H18FNO3S. The Kier molecular flexibility index (Phi) is 4.66. The van der Waals surface area contributed by atoms with Gasteiger partial charge in [0.05, 0.1) is 12.0 Å². The summed E-state index contributed by atoms with van der Waals surface area (Å²) in [6.45, 7) is 0. The van der Waals surface area contributed by atoms with E-state index in [-0.39, 0.29) is 11.7 Å². The molecule has 1 fully saturated rings. The van der Waals surface area contributed by atoms with Gasteiger partial charge >= 0.3 is 5.97 Å². The number of thiophene rings is 1. The lowest BCUT2D eigenvalue weighted by molar-refractivity contribution is -0.148. The molecule has 0 aliphatic heterocycles. The zero-order valence-corrected chi connectivity index (χ0v) is 14.1. The molecule has 1 aliphatic rings. The summed E-state index contributed by atoms with van der Waals surface area (Å²) < 4.78 is 18.7. The Morgan fingerprint density at radius 2 is 1.88 bits per heavy atom. The van der Waals surface area contributed by atoms with Gasteiger partial charge in [0.15, 0.2) is 0 Å². The molecule has 0 radical (unpaired) electrons. The minimum absolute atomic E-state index is 0.324. The first-order chi connectivity index (χ1) is 11.6. The summed E-state index contributed by atoms with van der Waals surface area (Å²) in [6, 6.07) is 9.82. The fourth-order valence-corrected chi connectivity index (χ4v) is 4.03. The molecule has 0 saturated heterocycles. The third-order valence-electron chi connectivity index (χ3n) is 4.36. The smallest absolute Gasteiger partial charge is 0.331 e. The van der Waals surface area contributed by atoms with Gasteiger partial charge < -0.3 is 10.1 Å². The summed E-state index contributed by atoms with van der Waals surface area (Å²) in [5.74, 6) is -1.05. The van der Waals surface area contributed by atoms with Crippen molar-refractivity contribution in [2.24, 2.45) is 0 Å². The highest BCUT2D eigenvalue weighted by Gasteiger charge is 2.43. The first kappa shape index (κ1) is 16.6. The van der Waals surface area contributed by atoms with E-state index in [0.717, 1.165) is 12.8 Å². The summed E-state index contributed by atoms with van der Waals surface area (Å²) in [7, 11) is 1.33. The Hall–Kier alpha value is -2.21. The molecule has 24 heavy (non-hydrogen) atoms. The first-order valence-electron chi connectivity index (χ1n) is 7.81. The van der Waals surface area contributed by atoms with E-state index in [1.54, 1.807) is 30.3 Å². The lowest BCUT2D eigenvalue weighted by Crippen LogP contribution is -2.53. The van der Waals surface area contributed by atoms with Crippen LogP contribution in [0, 0.1) is 5.82 Å². The third-order valence-corrected chi connectivity index (χ3v) is 5.47. The minimum atomic E-state index is -0.937. The van der Waals surface area contributed by atoms with Gasteiger partial charge in [0.1, 0.15) is 11.4 Å². The standard InChI is InChI=1S/C18H18FNO3S/c1-23-17(22)18(10-4-5-11-18)20-16(21)15-9-8-14(24-15)12-6-2-3-7-13(12)19/h2-3,6-9H,4-5,10-11H2,1H3,(H,20,21). The number of hydrogen-bond acceptors (Lipinski definition) is 4. The molecule has 1 saturated carbocycles. The van der Waals surface area contributed by atoms with E-state index < -0.39 is 11.5 Å². The molecule has 1 aromatic heterocycles.